The number of carbonyl (C=O) groups is 1. The second-order valence-corrected chi connectivity index (χ2v) is 6.67. The van der Waals surface area contributed by atoms with Crippen LogP contribution in [0.25, 0.3) is 0 Å². The number of likely N-dealkylation sites (tertiary alicyclic amines) is 1. The molecule has 6 nitrogen and oxygen atoms in total. The maximum atomic E-state index is 12.7. The average molecular weight is 337 g/mol. The maximum absolute atomic E-state index is 12.7. The Bertz CT molecular complexity index is 740. The summed E-state index contributed by atoms with van der Waals surface area (Å²) >= 11 is 0. The molecule has 25 heavy (non-hydrogen) atoms. The summed E-state index contributed by atoms with van der Waals surface area (Å²) in [5.74, 6) is 0.0956. The monoisotopic (exact) mass is 337 g/mol. The summed E-state index contributed by atoms with van der Waals surface area (Å²) in [7, 11) is 0. The molecule has 0 spiro atoms. The van der Waals surface area contributed by atoms with E-state index in [9.17, 15) is 4.79 Å². The number of aromatic nitrogens is 2. The quantitative estimate of drug-likeness (QED) is 0.838. The summed E-state index contributed by atoms with van der Waals surface area (Å²) in [4.78, 5) is 15.0. The lowest BCUT2D eigenvalue weighted by Gasteiger charge is -2.25. The van der Waals surface area contributed by atoms with Gasteiger partial charge in [-0.15, -0.1) is 0 Å². The fourth-order valence-corrected chi connectivity index (χ4v) is 3.66. The van der Waals surface area contributed by atoms with Gasteiger partial charge in [-0.2, -0.15) is 10.2 Å². The van der Waals surface area contributed by atoms with Crippen LogP contribution < -0.4 is 0 Å². The topological polar surface area (TPSA) is 53.7 Å². The van der Waals surface area contributed by atoms with E-state index >= 15 is 0 Å². The number of amides is 1. The van der Waals surface area contributed by atoms with Gasteiger partial charge in [0, 0.05) is 24.9 Å². The van der Waals surface area contributed by atoms with Gasteiger partial charge in [0.25, 0.3) is 5.91 Å². The minimum absolute atomic E-state index is 0.0956. The van der Waals surface area contributed by atoms with Gasteiger partial charge in [0.05, 0.1) is 25.3 Å². The SMILES string of the molecule is O=C(CN1CCC[C@H]1Cn1cccn1)N1CCC(c2ccccc2)=N1. The Kier molecular flexibility index (Phi) is 4.61. The van der Waals surface area contributed by atoms with Crippen LogP contribution in [-0.4, -0.2) is 57.0 Å². The lowest BCUT2D eigenvalue weighted by Crippen LogP contribution is -2.41. The van der Waals surface area contributed by atoms with Crippen molar-refractivity contribution in [3.05, 3.63) is 54.4 Å². The van der Waals surface area contributed by atoms with Crippen molar-refractivity contribution in [3.8, 4) is 0 Å². The summed E-state index contributed by atoms with van der Waals surface area (Å²) in [5.41, 5.74) is 2.11. The van der Waals surface area contributed by atoms with Gasteiger partial charge in [-0.25, -0.2) is 5.01 Å². The van der Waals surface area contributed by atoms with Crippen LogP contribution in [0.4, 0.5) is 0 Å². The first-order valence-corrected chi connectivity index (χ1v) is 8.94. The first kappa shape index (κ1) is 16.0. The highest BCUT2D eigenvalue weighted by Crippen LogP contribution is 2.20. The fourth-order valence-electron chi connectivity index (χ4n) is 3.66. The van der Waals surface area contributed by atoms with Crippen LogP contribution in [0.5, 0.6) is 0 Å². The Balaban J connectivity index is 1.37. The average Bonchev–Trinajstić information content (AvgIpc) is 3.38. The summed E-state index contributed by atoms with van der Waals surface area (Å²) in [5, 5.41) is 10.5. The van der Waals surface area contributed by atoms with Crippen molar-refractivity contribution in [2.75, 3.05) is 19.6 Å². The summed E-state index contributed by atoms with van der Waals surface area (Å²) in [6, 6.07) is 12.4. The highest BCUT2D eigenvalue weighted by Gasteiger charge is 2.29. The number of hydrazone groups is 1. The van der Waals surface area contributed by atoms with Crippen molar-refractivity contribution < 1.29 is 4.79 Å². The van der Waals surface area contributed by atoms with Crippen LogP contribution in [0.3, 0.4) is 0 Å². The second kappa shape index (κ2) is 7.19. The van der Waals surface area contributed by atoms with E-state index in [0.29, 0.717) is 19.1 Å². The molecule has 0 unspecified atom stereocenters. The normalized spacial score (nSPS) is 20.9. The zero-order chi connectivity index (χ0) is 17.1. The van der Waals surface area contributed by atoms with Crippen LogP contribution in [-0.2, 0) is 11.3 Å². The number of benzene rings is 1. The molecule has 2 aromatic rings. The first-order chi connectivity index (χ1) is 12.3. The zero-order valence-corrected chi connectivity index (χ0v) is 14.3. The van der Waals surface area contributed by atoms with Gasteiger partial charge in [-0.1, -0.05) is 30.3 Å². The minimum atomic E-state index is 0.0956. The molecule has 1 atom stereocenters. The van der Waals surface area contributed by atoms with Crippen LogP contribution in [0.15, 0.2) is 53.9 Å². The van der Waals surface area contributed by atoms with Crippen molar-refractivity contribution >= 4 is 11.6 Å². The highest BCUT2D eigenvalue weighted by atomic mass is 16.2. The fraction of sp³-hybridized carbons (Fsp3) is 0.421. The molecule has 0 radical (unpaired) electrons. The standard InChI is InChI=1S/C19H23N5O/c25-19(24-13-9-18(21-24)16-6-2-1-3-7-16)15-22-11-4-8-17(22)14-23-12-5-10-20-23/h1-3,5-7,10,12,17H,4,8-9,11,13-15H2/t17-/m0/s1. The van der Waals surface area contributed by atoms with E-state index in [-0.39, 0.29) is 5.91 Å². The third kappa shape index (κ3) is 3.64. The molecule has 1 saturated heterocycles. The predicted molar refractivity (Wildman–Crippen MR) is 96.1 cm³/mol. The van der Waals surface area contributed by atoms with Gasteiger partial charge in [0.2, 0.25) is 0 Å². The summed E-state index contributed by atoms with van der Waals surface area (Å²) < 4.78 is 1.95. The molecule has 1 fully saturated rings. The Hall–Kier alpha value is -2.47. The van der Waals surface area contributed by atoms with Gasteiger partial charge < -0.3 is 0 Å². The van der Waals surface area contributed by atoms with Gasteiger partial charge in [-0.05, 0) is 31.0 Å². The molecule has 3 heterocycles. The van der Waals surface area contributed by atoms with E-state index in [0.717, 1.165) is 43.6 Å². The van der Waals surface area contributed by atoms with Crippen molar-refractivity contribution in [1.82, 2.24) is 19.7 Å². The third-order valence-corrected chi connectivity index (χ3v) is 4.99. The lowest BCUT2D eigenvalue weighted by atomic mass is 10.1. The van der Waals surface area contributed by atoms with Crippen molar-refractivity contribution in [1.29, 1.82) is 0 Å². The number of rotatable bonds is 5. The van der Waals surface area contributed by atoms with E-state index in [1.807, 2.05) is 47.3 Å². The van der Waals surface area contributed by atoms with E-state index < -0.39 is 0 Å². The Morgan fingerprint density at radius 1 is 1.16 bits per heavy atom. The molecule has 4 rings (SSSR count). The molecule has 130 valence electrons. The molecule has 1 amide bonds. The summed E-state index contributed by atoms with van der Waals surface area (Å²) in [6.45, 7) is 2.94. The molecule has 0 bridgehead atoms. The molecule has 0 N–H and O–H groups in total. The molecule has 6 heteroatoms. The second-order valence-electron chi connectivity index (χ2n) is 6.67. The number of carbonyl (C=O) groups excluding carboxylic acids is 1. The van der Waals surface area contributed by atoms with Gasteiger partial charge in [0.1, 0.15) is 0 Å². The molecule has 1 aromatic carbocycles. The van der Waals surface area contributed by atoms with E-state index in [1.165, 1.54) is 0 Å². The van der Waals surface area contributed by atoms with Crippen LogP contribution in [0, 0.1) is 0 Å². The Labute approximate surface area is 147 Å². The molecular weight excluding hydrogens is 314 g/mol. The molecule has 1 aromatic heterocycles. The van der Waals surface area contributed by atoms with Gasteiger partial charge in [0.15, 0.2) is 0 Å². The molecular formula is C19H23N5O. The van der Waals surface area contributed by atoms with Crippen molar-refractivity contribution in [2.45, 2.75) is 31.8 Å². The molecule has 2 aliphatic heterocycles. The van der Waals surface area contributed by atoms with Crippen molar-refractivity contribution in [2.24, 2.45) is 5.10 Å². The number of hydrogen-bond donors (Lipinski definition) is 0. The third-order valence-electron chi connectivity index (χ3n) is 4.99. The van der Waals surface area contributed by atoms with Crippen LogP contribution in [0.1, 0.15) is 24.8 Å². The predicted octanol–water partition coefficient (Wildman–Crippen LogP) is 1.98. The Morgan fingerprint density at radius 3 is 2.84 bits per heavy atom. The molecule has 0 aliphatic carbocycles. The number of hydrogen-bond acceptors (Lipinski definition) is 4. The zero-order valence-electron chi connectivity index (χ0n) is 14.3. The largest absolute Gasteiger partial charge is 0.290 e. The molecule has 0 saturated carbocycles. The smallest absolute Gasteiger partial charge is 0.256 e. The maximum Gasteiger partial charge on any atom is 0.256 e. The molecule has 2 aliphatic rings. The van der Waals surface area contributed by atoms with Gasteiger partial charge in [-0.3, -0.25) is 14.4 Å². The summed E-state index contributed by atoms with van der Waals surface area (Å²) in [6.07, 6.45) is 6.86. The first-order valence-electron chi connectivity index (χ1n) is 8.94. The van der Waals surface area contributed by atoms with Crippen molar-refractivity contribution in [3.63, 3.8) is 0 Å². The van der Waals surface area contributed by atoms with Gasteiger partial charge >= 0.3 is 0 Å². The van der Waals surface area contributed by atoms with E-state index in [1.54, 1.807) is 11.2 Å². The van der Waals surface area contributed by atoms with Crippen LogP contribution >= 0.6 is 0 Å². The minimum Gasteiger partial charge on any atom is -0.290 e. The Morgan fingerprint density at radius 2 is 2.04 bits per heavy atom. The van der Waals surface area contributed by atoms with E-state index in [4.69, 9.17) is 0 Å². The van der Waals surface area contributed by atoms with Crippen LogP contribution in [0.2, 0.25) is 0 Å². The van der Waals surface area contributed by atoms with E-state index in [2.05, 4.69) is 15.1 Å². The lowest BCUT2D eigenvalue weighted by molar-refractivity contribution is -0.132. The highest BCUT2D eigenvalue weighted by molar-refractivity contribution is 6.02. The number of nitrogens with zero attached hydrogens (tertiary/aromatic N) is 5.